The first-order valence-electron chi connectivity index (χ1n) is 12.3. The van der Waals surface area contributed by atoms with Gasteiger partial charge in [-0.2, -0.15) is 0 Å². The fraction of sp³-hybridized carbons (Fsp3) is 0.429. The Hall–Kier alpha value is -4.12. The molecule has 0 aliphatic rings. The molecule has 2 aromatic carbocycles. The van der Waals surface area contributed by atoms with Crippen molar-refractivity contribution < 1.29 is 13.9 Å². The number of aromatic nitrogens is 6. The van der Waals surface area contributed by atoms with Gasteiger partial charge in [-0.1, -0.05) is 49.3 Å². The van der Waals surface area contributed by atoms with E-state index in [0.29, 0.717) is 11.9 Å². The Morgan fingerprint density at radius 3 is 1.36 bits per heavy atom. The third-order valence-corrected chi connectivity index (χ3v) is 5.90. The molecular weight excluding hydrogens is 492 g/mol. The molecule has 11 heteroatoms. The van der Waals surface area contributed by atoms with E-state index < -0.39 is 0 Å². The summed E-state index contributed by atoms with van der Waals surface area (Å²) in [7, 11) is 7.47. The van der Waals surface area contributed by atoms with Crippen LogP contribution < -0.4 is 9.13 Å². The fourth-order valence-electron chi connectivity index (χ4n) is 3.77. The second-order valence-corrected chi connectivity index (χ2v) is 8.88. The maximum absolute atomic E-state index is 5.84. The number of nitrogens with zero attached hydrogens (tertiary/aromatic N) is 10. The van der Waals surface area contributed by atoms with Gasteiger partial charge in [0.25, 0.3) is 0 Å². The van der Waals surface area contributed by atoms with Crippen molar-refractivity contribution in [1.82, 2.24) is 19.6 Å². The summed E-state index contributed by atoms with van der Waals surface area (Å²) in [5.41, 5.74) is 4.17. The van der Waals surface area contributed by atoms with Crippen molar-refractivity contribution in [2.24, 2.45) is 48.6 Å². The Morgan fingerprint density at radius 2 is 1.03 bits per heavy atom. The lowest BCUT2D eigenvalue weighted by Crippen LogP contribution is -2.25. The van der Waals surface area contributed by atoms with Crippen LogP contribution in [0.1, 0.15) is 38.8 Å². The van der Waals surface area contributed by atoms with Gasteiger partial charge in [0, 0.05) is 23.4 Å². The lowest BCUT2D eigenvalue weighted by molar-refractivity contribution is -0.659. The van der Waals surface area contributed by atoms with Gasteiger partial charge in [0.1, 0.15) is 0 Å². The zero-order valence-corrected chi connectivity index (χ0v) is 21.9. The minimum absolute atomic E-state index is 0. The van der Waals surface area contributed by atoms with Crippen molar-refractivity contribution in [2.75, 3.05) is 13.2 Å². The van der Waals surface area contributed by atoms with E-state index in [1.165, 1.54) is 11.1 Å². The van der Waals surface area contributed by atoms with E-state index in [0.717, 1.165) is 50.3 Å². The van der Waals surface area contributed by atoms with E-state index in [9.17, 15) is 0 Å². The predicted octanol–water partition coefficient (Wildman–Crippen LogP) is 5.49. The molecule has 0 saturated carbocycles. The van der Waals surface area contributed by atoms with E-state index >= 15 is 0 Å². The first-order valence-corrected chi connectivity index (χ1v) is 12.3. The summed E-state index contributed by atoms with van der Waals surface area (Å²) in [6.45, 7) is 1.51. The molecule has 11 nitrogen and oxygen atoms in total. The van der Waals surface area contributed by atoms with E-state index in [1.54, 1.807) is 22.0 Å². The Labute approximate surface area is 231 Å². The SMILES string of the molecule is C.C.Cn1nc[n+](C)c1N=Nc1ccc(CCCOCCCc2ccc(N=Nc3n(C)nc[n+]3C)cc2)cc1. The highest BCUT2D eigenvalue weighted by Crippen LogP contribution is 2.18. The predicted molar refractivity (Wildman–Crippen MR) is 151 cm³/mol. The van der Waals surface area contributed by atoms with E-state index in [2.05, 4.69) is 54.9 Å². The molecule has 0 amide bonds. The summed E-state index contributed by atoms with van der Waals surface area (Å²) in [6.07, 6.45) is 7.33. The van der Waals surface area contributed by atoms with Crippen LogP contribution in [0.2, 0.25) is 0 Å². The highest BCUT2D eigenvalue weighted by Gasteiger charge is 2.12. The Morgan fingerprint density at radius 1 is 0.641 bits per heavy atom. The molecule has 0 spiro atoms. The van der Waals surface area contributed by atoms with Gasteiger partial charge in [0.05, 0.1) is 39.6 Å². The zero-order chi connectivity index (χ0) is 26.0. The molecule has 0 N–H and O–H groups in total. The Bertz CT molecular complexity index is 1200. The first kappa shape index (κ1) is 31.1. The highest BCUT2D eigenvalue weighted by atomic mass is 16.5. The maximum Gasteiger partial charge on any atom is 0.403 e. The molecule has 208 valence electrons. The van der Waals surface area contributed by atoms with Crippen LogP contribution in [0, 0.1) is 0 Å². The van der Waals surface area contributed by atoms with Gasteiger partial charge in [0.15, 0.2) is 0 Å². The van der Waals surface area contributed by atoms with Crippen LogP contribution in [0.4, 0.5) is 23.3 Å². The van der Waals surface area contributed by atoms with Crippen molar-refractivity contribution >= 4 is 23.3 Å². The molecule has 0 fully saturated rings. The van der Waals surface area contributed by atoms with Gasteiger partial charge in [-0.25, -0.2) is 9.13 Å². The van der Waals surface area contributed by atoms with Crippen LogP contribution in [-0.2, 0) is 45.8 Å². The molecule has 39 heavy (non-hydrogen) atoms. The quantitative estimate of drug-likeness (QED) is 0.136. The Kier molecular flexibility index (Phi) is 12.2. The fourth-order valence-corrected chi connectivity index (χ4v) is 3.77. The number of benzene rings is 2. The summed E-state index contributed by atoms with van der Waals surface area (Å²) in [4.78, 5) is 0. The molecule has 4 aromatic rings. The lowest BCUT2D eigenvalue weighted by Gasteiger charge is -2.05. The molecule has 0 radical (unpaired) electrons. The molecule has 0 atom stereocenters. The molecule has 2 heterocycles. The summed E-state index contributed by atoms with van der Waals surface area (Å²) in [5, 5.41) is 25.4. The Balaban J connectivity index is 0.00000267. The zero-order valence-electron chi connectivity index (χ0n) is 21.9. The van der Waals surface area contributed by atoms with Crippen LogP contribution in [0.5, 0.6) is 0 Å². The third kappa shape index (κ3) is 8.99. The largest absolute Gasteiger partial charge is 0.403 e. The summed E-state index contributed by atoms with van der Waals surface area (Å²) < 4.78 is 12.9. The van der Waals surface area contributed by atoms with Gasteiger partial charge in [0.2, 0.25) is 12.7 Å². The minimum atomic E-state index is 0. The van der Waals surface area contributed by atoms with Crippen LogP contribution >= 0.6 is 0 Å². The molecule has 0 bridgehead atoms. The van der Waals surface area contributed by atoms with Crippen molar-refractivity contribution in [3.05, 3.63) is 72.3 Å². The van der Waals surface area contributed by atoms with Crippen molar-refractivity contribution in [3.8, 4) is 0 Å². The van der Waals surface area contributed by atoms with Gasteiger partial charge in [-0.05, 0) is 71.3 Å². The van der Waals surface area contributed by atoms with Crippen molar-refractivity contribution in [2.45, 2.75) is 40.5 Å². The second kappa shape index (κ2) is 15.3. The number of aryl methyl sites for hydroxylation is 6. The number of hydrogen-bond acceptors (Lipinski definition) is 7. The number of azo groups is 2. The van der Waals surface area contributed by atoms with E-state index in [4.69, 9.17) is 4.74 Å². The average molecular weight is 535 g/mol. The summed E-state index contributed by atoms with van der Waals surface area (Å²) >= 11 is 0. The van der Waals surface area contributed by atoms with Crippen LogP contribution in [0.15, 0.2) is 81.6 Å². The monoisotopic (exact) mass is 534 g/mol. The standard InChI is InChI=1S/C26H34N10O.2CH4/c1-33-19-27-35(3)25(33)31-29-23-13-9-21(10-14-23)7-5-17-37-18-6-8-22-11-15-24(16-12-22)30-32-26-34(2)20-28-36(26)4;;/h9-16,19-20H,5-8,17-18H2,1-4H3;2*1H4/q+2;;. The maximum atomic E-state index is 5.84. The third-order valence-electron chi connectivity index (χ3n) is 5.90. The molecule has 4 rings (SSSR count). The second-order valence-electron chi connectivity index (χ2n) is 8.88. The smallest absolute Gasteiger partial charge is 0.381 e. The summed E-state index contributed by atoms with van der Waals surface area (Å²) in [6, 6.07) is 16.3. The molecule has 2 aromatic heterocycles. The molecule has 0 saturated heterocycles. The average Bonchev–Trinajstić information content (AvgIpc) is 3.41. The first-order chi connectivity index (χ1) is 18.0. The number of hydrogen-bond donors (Lipinski definition) is 0. The van der Waals surface area contributed by atoms with Crippen LogP contribution in [0.25, 0.3) is 0 Å². The van der Waals surface area contributed by atoms with Gasteiger partial charge in [-0.15, -0.1) is 9.36 Å². The lowest BCUT2D eigenvalue weighted by atomic mass is 10.1. The minimum Gasteiger partial charge on any atom is -0.381 e. The highest BCUT2D eigenvalue weighted by molar-refractivity contribution is 5.39. The molecular formula is C28H42N10O+2. The van der Waals surface area contributed by atoms with Gasteiger partial charge in [-0.3, -0.25) is 0 Å². The van der Waals surface area contributed by atoms with Crippen molar-refractivity contribution in [3.63, 3.8) is 0 Å². The van der Waals surface area contributed by atoms with Crippen molar-refractivity contribution in [1.29, 1.82) is 0 Å². The summed E-state index contributed by atoms with van der Waals surface area (Å²) in [5.74, 6) is 1.38. The molecule has 0 aliphatic carbocycles. The van der Waals surface area contributed by atoms with Gasteiger partial charge >= 0.3 is 11.9 Å². The van der Waals surface area contributed by atoms with Crippen LogP contribution in [-0.4, -0.2) is 32.8 Å². The van der Waals surface area contributed by atoms with Crippen LogP contribution in [0.3, 0.4) is 0 Å². The van der Waals surface area contributed by atoms with E-state index in [-0.39, 0.29) is 14.9 Å². The number of rotatable bonds is 12. The molecule has 0 unspecified atom stereocenters. The topological polar surface area (TPSA) is 102 Å². The van der Waals surface area contributed by atoms with Gasteiger partial charge < -0.3 is 4.74 Å². The normalized spacial score (nSPS) is 11.2. The molecule has 0 aliphatic heterocycles. The van der Waals surface area contributed by atoms with E-state index in [1.807, 2.05) is 61.6 Å². The number of ether oxygens (including phenoxy) is 1.